The number of nitrogens with two attached hydrogens (primary N) is 1. The van der Waals surface area contributed by atoms with Gasteiger partial charge in [-0.2, -0.15) is 0 Å². The minimum absolute atomic E-state index is 0.00318. The molecule has 1 amide bonds. The second-order valence-corrected chi connectivity index (χ2v) is 12.0. The van der Waals surface area contributed by atoms with Crippen molar-refractivity contribution in [1.29, 1.82) is 0 Å². The van der Waals surface area contributed by atoms with Gasteiger partial charge in [-0.3, -0.25) is 24.1 Å². The van der Waals surface area contributed by atoms with Gasteiger partial charge in [0.1, 0.15) is 28.6 Å². The Bertz CT molecular complexity index is 1330. The molecule has 0 radical (unpaired) electrons. The number of ketones is 3. The van der Waals surface area contributed by atoms with Crippen LogP contribution < -0.4 is 5.73 Å². The lowest BCUT2D eigenvalue weighted by atomic mass is 9.57. The van der Waals surface area contributed by atoms with E-state index < -0.39 is 58.0 Å². The number of primary amides is 1. The maximum absolute atomic E-state index is 13.8. The number of aromatic hydroxyl groups is 1. The van der Waals surface area contributed by atoms with Gasteiger partial charge in [0.15, 0.2) is 11.4 Å². The third-order valence-electron chi connectivity index (χ3n) is 7.82. The lowest BCUT2D eigenvalue weighted by Gasteiger charge is -2.50. The van der Waals surface area contributed by atoms with Crippen LogP contribution in [0.1, 0.15) is 50.3 Å². The van der Waals surface area contributed by atoms with Crippen LogP contribution in [0.25, 0.3) is 5.76 Å². The number of hydrogen-bond donors (Lipinski definition) is 5. The van der Waals surface area contributed by atoms with Gasteiger partial charge < -0.3 is 26.2 Å². The molecule has 0 heterocycles. The summed E-state index contributed by atoms with van der Waals surface area (Å²) in [5.74, 6) is -7.00. The summed E-state index contributed by atoms with van der Waals surface area (Å²) < 4.78 is 0. The SMILES string of the molecule is CN(C)C1C(=O)C(C(N)=O)=C(O)C2(O)C(=O)C3=C(O)c4c(O)ccc(CC(=O)CC(C)(C)C)c4CC3CC12. The van der Waals surface area contributed by atoms with Gasteiger partial charge in [0, 0.05) is 24.3 Å². The molecule has 0 bridgehead atoms. The van der Waals surface area contributed by atoms with Gasteiger partial charge in [0.2, 0.25) is 5.78 Å². The van der Waals surface area contributed by atoms with Crippen molar-refractivity contribution in [3.8, 4) is 5.75 Å². The molecule has 4 rings (SSSR count). The Labute approximate surface area is 220 Å². The van der Waals surface area contributed by atoms with Crippen molar-refractivity contribution in [2.75, 3.05) is 14.1 Å². The molecule has 1 fully saturated rings. The minimum atomic E-state index is -2.68. The van der Waals surface area contributed by atoms with E-state index in [2.05, 4.69) is 0 Å². The van der Waals surface area contributed by atoms with Crippen LogP contribution in [0, 0.1) is 17.3 Å². The summed E-state index contributed by atoms with van der Waals surface area (Å²) in [6.45, 7) is 5.85. The number of nitrogens with zero attached hydrogens (tertiary/aromatic N) is 1. The zero-order chi connectivity index (χ0) is 28.5. The lowest BCUT2D eigenvalue weighted by molar-refractivity contribution is -0.153. The maximum atomic E-state index is 13.8. The number of carbonyl (C=O) groups is 4. The van der Waals surface area contributed by atoms with Crippen molar-refractivity contribution in [2.45, 2.75) is 58.1 Å². The third kappa shape index (κ3) is 4.12. The van der Waals surface area contributed by atoms with Gasteiger partial charge in [-0.05, 0) is 55.5 Å². The molecule has 4 atom stereocenters. The Hall–Kier alpha value is -3.50. The van der Waals surface area contributed by atoms with Crippen molar-refractivity contribution in [3.05, 3.63) is 45.7 Å². The van der Waals surface area contributed by atoms with E-state index in [1.807, 2.05) is 20.8 Å². The molecule has 0 spiro atoms. The molecule has 3 aliphatic rings. The summed E-state index contributed by atoms with van der Waals surface area (Å²) in [5.41, 5.74) is 2.46. The number of aliphatic hydroxyl groups is 3. The van der Waals surface area contributed by atoms with E-state index in [0.717, 1.165) is 0 Å². The summed E-state index contributed by atoms with van der Waals surface area (Å²) in [6, 6.07) is 1.81. The van der Waals surface area contributed by atoms with Crippen LogP contribution >= 0.6 is 0 Å². The van der Waals surface area contributed by atoms with E-state index >= 15 is 0 Å². The molecule has 0 aromatic heterocycles. The number of Topliss-reactive ketones (excluding diaryl/α,β-unsaturated/α-hetero) is 3. The summed E-state index contributed by atoms with van der Waals surface area (Å²) in [6.07, 6.45) is 0.547. The second-order valence-electron chi connectivity index (χ2n) is 12.0. The monoisotopic (exact) mass is 526 g/mol. The molecule has 38 heavy (non-hydrogen) atoms. The summed E-state index contributed by atoms with van der Waals surface area (Å²) in [5, 5.41) is 44.4. The van der Waals surface area contributed by atoms with E-state index in [1.54, 1.807) is 20.2 Å². The molecule has 204 valence electrons. The first-order chi connectivity index (χ1) is 17.5. The molecule has 1 aromatic rings. The molecule has 10 nitrogen and oxygen atoms in total. The largest absolute Gasteiger partial charge is 0.508 e. The van der Waals surface area contributed by atoms with Crippen LogP contribution in [-0.2, 0) is 32.0 Å². The van der Waals surface area contributed by atoms with Crippen molar-refractivity contribution >= 4 is 29.0 Å². The Kier molecular flexibility index (Phi) is 6.56. The molecular formula is C28H34N2O8. The highest BCUT2D eigenvalue weighted by Crippen LogP contribution is 2.53. The van der Waals surface area contributed by atoms with Crippen LogP contribution in [0.5, 0.6) is 5.75 Å². The standard InChI is InChI=1S/C28H34N2O8/c1-27(2,3)11-14(31)8-12-6-7-17(32)19-15(12)9-13-10-16-21(30(4)5)23(34)20(26(29)37)25(36)28(16,38)24(35)18(13)22(19)33/h6-7,13,16,21,32-33,36,38H,8-11H2,1-5H3,(H2,29,37). The molecule has 10 heteroatoms. The number of likely N-dealkylation sites (N-methyl/N-ethyl adjacent to an activating group) is 1. The minimum Gasteiger partial charge on any atom is -0.508 e. The number of fused-ring (bicyclic) bond motifs is 3. The summed E-state index contributed by atoms with van der Waals surface area (Å²) >= 11 is 0. The molecule has 1 aromatic carbocycles. The van der Waals surface area contributed by atoms with E-state index in [4.69, 9.17) is 5.73 Å². The average Bonchev–Trinajstić information content (AvgIpc) is 2.76. The fourth-order valence-electron chi connectivity index (χ4n) is 6.34. The quantitative estimate of drug-likeness (QED) is 0.356. The first kappa shape index (κ1) is 27.5. The topological polar surface area (TPSA) is 178 Å². The van der Waals surface area contributed by atoms with E-state index in [-0.39, 0.29) is 47.3 Å². The fraction of sp³-hybridized carbons (Fsp3) is 0.500. The highest BCUT2D eigenvalue weighted by Gasteiger charge is 2.64. The number of amides is 1. The number of rotatable bonds is 5. The van der Waals surface area contributed by atoms with Crippen LogP contribution in [0.4, 0.5) is 0 Å². The van der Waals surface area contributed by atoms with Gasteiger partial charge in [0.05, 0.1) is 11.6 Å². The fourth-order valence-corrected chi connectivity index (χ4v) is 6.34. The van der Waals surface area contributed by atoms with Crippen molar-refractivity contribution in [1.82, 2.24) is 4.90 Å². The Morgan fingerprint density at radius 3 is 2.32 bits per heavy atom. The predicted octanol–water partition coefficient (Wildman–Crippen LogP) is 1.51. The van der Waals surface area contributed by atoms with Gasteiger partial charge in [-0.25, -0.2) is 0 Å². The van der Waals surface area contributed by atoms with Gasteiger partial charge in [-0.1, -0.05) is 26.8 Å². The number of phenolic OH excluding ortho intramolecular Hbond substituents is 1. The van der Waals surface area contributed by atoms with Crippen LogP contribution in [0.15, 0.2) is 29.0 Å². The smallest absolute Gasteiger partial charge is 0.255 e. The maximum Gasteiger partial charge on any atom is 0.255 e. The molecule has 4 unspecified atom stereocenters. The third-order valence-corrected chi connectivity index (χ3v) is 7.82. The van der Waals surface area contributed by atoms with Gasteiger partial charge in [0.25, 0.3) is 5.91 Å². The number of benzene rings is 1. The van der Waals surface area contributed by atoms with Crippen LogP contribution in [-0.4, -0.2) is 74.3 Å². The summed E-state index contributed by atoms with van der Waals surface area (Å²) in [4.78, 5) is 53.3. The van der Waals surface area contributed by atoms with Gasteiger partial charge >= 0.3 is 0 Å². The first-order valence-electron chi connectivity index (χ1n) is 12.5. The highest BCUT2D eigenvalue weighted by molar-refractivity contribution is 6.24. The van der Waals surface area contributed by atoms with Crippen LogP contribution in [0.2, 0.25) is 0 Å². The van der Waals surface area contributed by atoms with Gasteiger partial charge in [-0.15, -0.1) is 0 Å². The summed E-state index contributed by atoms with van der Waals surface area (Å²) in [7, 11) is 3.09. The molecule has 3 aliphatic carbocycles. The van der Waals surface area contributed by atoms with E-state index in [1.165, 1.54) is 11.0 Å². The zero-order valence-corrected chi connectivity index (χ0v) is 22.2. The van der Waals surface area contributed by atoms with E-state index in [0.29, 0.717) is 17.5 Å². The zero-order valence-electron chi connectivity index (χ0n) is 22.2. The molecule has 6 N–H and O–H groups in total. The molecule has 1 saturated carbocycles. The highest BCUT2D eigenvalue weighted by atomic mass is 16.3. The molecule has 0 saturated heterocycles. The van der Waals surface area contributed by atoms with Crippen molar-refractivity contribution in [2.24, 2.45) is 23.0 Å². The Balaban J connectivity index is 1.88. The Morgan fingerprint density at radius 2 is 1.76 bits per heavy atom. The number of hydrogen-bond acceptors (Lipinski definition) is 9. The predicted molar refractivity (Wildman–Crippen MR) is 137 cm³/mol. The number of phenols is 1. The molecular weight excluding hydrogens is 492 g/mol. The average molecular weight is 527 g/mol. The van der Waals surface area contributed by atoms with Crippen molar-refractivity contribution < 1.29 is 39.6 Å². The normalized spacial score (nSPS) is 27.3. The van der Waals surface area contributed by atoms with E-state index in [9.17, 15) is 39.6 Å². The number of aliphatic hydroxyl groups excluding tert-OH is 2. The van der Waals surface area contributed by atoms with Crippen LogP contribution in [0.3, 0.4) is 0 Å². The molecule has 0 aliphatic heterocycles. The Morgan fingerprint density at radius 1 is 1.13 bits per heavy atom. The first-order valence-corrected chi connectivity index (χ1v) is 12.5. The number of carbonyl (C=O) groups excluding carboxylic acids is 4. The van der Waals surface area contributed by atoms with Crippen molar-refractivity contribution in [3.63, 3.8) is 0 Å². The lowest BCUT2D eigenvalue weighted by Crippen LogP contribution is -2.65. The second kappa shape index (κ2) is 9.06.